The van der Waals surface area contributed by atoms with Crippen LogP contribution in [0.1, 0.15) is 10.6 Å². The van der Waals surface area contributed by atoms with E-state index >= 15 is 0 Å². The molecule has 6 nitrogen and oxygen atoms in total. The molecule has 25 heavy (non-hydrogen) atoms. The van der Waals surface area contributed by atoms with Crippen molar-refractivity contribution in [2.24, 2.45) is 0 Å². The maximum Gasteiger partial charge on any atom is 0.293 e. The highest BCUT2D eigenvalue weighted by atomic mass is 19.1. The van der Waals surface area contributed by atoms with Crippen molar-refractivity contribution >= 4 is 34.2 Å². The molecule has 2 aromatic carbocycles. The first-order valence-electron chi connectivity index (χ1n) is 7.46. The molecule has 0 aliphatic carbocycles. The van der Waals surface area contributed by atoms with Gasteiger partial charge in [0.2, 0.25) is 11.7 Å². The van der Waals surface area contributed by atoms with E-state index in [1.807, 2.05) is 0 Å². The van der Waals surface area contributed by atoms with Crippen LogP contribution in [0.25, 0.3) is 11.0 Å². The molecular formula is C18H15FN2O4. The van der Waals surface area contributed by atoms with Gasteiger partial charge >= 0.3 is 0 Å². The number of furan rings is 1. The number of carbonyl (C=O) groups excluding carboxylic acids is 2. The normalized spacial score (nSPS) is 10.6. The van der Waals surface area contributed by atoms with Crippen LogP contribution >= 0.6 is 0 Å². The van der Waals surface area contributed by atoms with Crippen molar-refractivity contribution in [3.63, 3.8) is 0 Å². The number of benzene rings is 2. The Morgan fingerprint density at radius 2 is 1.80 bits per heavy atom. The fraction of sp³-hybridized carbons (Fsp3) is 0.111. The number of anilines is 2. The van der Waals surface area contributed by atoms with Gasteiger partial charge in [0, 0.05) is 12.5 Å². The van der Waals surface area contributed by atoms with Crippen molar-refractivity contribution in [3.05, 3.63) is 60.1 Å². The van der Waals surface area contributed by atoms with Crippen LogP contribution in [0.15, 0.2) is 52.9 Å². The Morgan fingerprint density at radius 3 is 2.56 bits per heavy atom. The molecule has 0 fully saturated rings. The average Bonchev–Trinajstić information content (AvgIpc) is 2.96. The molecule has 0 saturated heterocycles. The highest BCUT2D eigenvalue weighted by molar-refractivity contribution is 6.14. The number of nitrogens with one attached hydrogen (secondary N) is 2. The Hall–Kier alpha value is -3.19. The number of para-hydroxylation sites is 2. The molecule has 1 aromatic heterocycles. The van der Waals surface area contributed by atoms with Crippen LogP contribution < -0.4 is 10.6 Å². The summed E-state index contributed by atoms with van der Waals surface area (Å²) in [6.45, 7) is -0.173. The minimum absolute atomic E-state index is 0.0159. The SMILES string of the molecule is COCC(=O)Nc1c(C(=O)Nc2ccccc2F)oc2ccccc12. The molecule has 3 aromatic rings. The number of ether oxygens (including phenoxy) is 1. The Labute approximate surface area is 142 Å². The molecule has 2 amide bonds. The average molecular weight is 342 g/mol. The molecule has 0 spiro atoms. The third-order valence-electron chi connectivity index (χ3n) is 3.46. The van der Waals surface area contributed by atoms with Crippen molar-refractivity contribution in [1.82, 2.24) is 0 Å². The summed E-state index contributed by atoms with van der Waals surface area (Å²) in [5.74, 6) is -1.80. The van der Waals surface area contributed by atoms with Gasteiger partial charge in [0.1, 0.15) is 23.7 Å². The van der Waals surface area contributed by atoms with Gasteiger partial charge in [0.05, 0.1) is 5.69 Å². The zero-order valence-electron chi connectivity index (χ0n) is 13.3. The summed E-state index contributed by atoms with van der Waals surface area (Å²) in [4.78, 5) is 24.4. The van der Waals surface area contributed by atoms with Gasteiger partial charge in [-0.25, -0.2) is 4.39 Å². The molecule has 0 unspecified atom stereocenters. The second kappa shape index (κ2) is 7.14. The summed E-state index contributed by atoms with van der Waals surface area (Å²) in [6, 6.07) is 12.6. The Kier molecular flexibility index (Phi) is 4.76. The van der Waals surface area contributed by atoms with Crippen LogP contribution in [0.3, 0.4) is 0 Å². The van der Waals surface area contributed by atoms with Crippen molar-refractivity contribution in [3.8, 4) is 0 Å². The number of methoxy groups -OCH3 is 1. The van der Waals surface area contributed by atoms with Gasteiger partial charge in [0.15, 0.2) is 0 Å². The van der Waals surface area contributed by atoms with Crippen LogP contribution in [0.2, 0.25) is 0 Å². The summed E-state index contributed by atoms with van der Waals surface area (Å²) in [6.07, 6.45) is 0. The fourth-order valence-electron chi connectivity index (χ4n) is 2.38. The van der Waals surface area contributed by atoms with E-state index in [2.05, 4.69) is 10.6 Å². The van der Waals surface area contributed by atoms with E-state index < -0.39 is 17.6 Å². The third kappa shape index (κ3) is 3.51. The lowest BCUT2D eigenvalue weighted by molar-refractivity contribution is -0.119. The van der Waals surface area contributed by atoms with E-state index in [1.165, 1.54) is 25.3 Å². The van der Waals surface area contributed by atoms with Gasteiger partial charge < -0.3 is 19.8 Å². The first-order chi connectivity index (χ1) is 12.1. The molecule has 128 valence electrons. The predicted octanol–water partition coefficient (Wildman–Crippen LogP) is 3.41. The highest BCUT2D eigenvalue weighted by Gasteiger charge is 2.22. The first kappa shape index (κ1) is 16.7. The van der Waals surface area contributed by atoms with E-state index in [1.54, 1.807) is 30.3 Å². The molecular weight excluding hydrogens is 327 g/mol. The van der Waals surface area contributed by atoms with Crippen LogP contribution in [0, 0.1) is 5.82 Å². The summed E-state index contributed by atoms with van der Waals surface area (Å²) >= 11 is 0. The molecule has 2 N–H and O–H groups in total. The van der Waals surface area contributed by atoms with Gasteiger partial charge in [-0.15, -0.1) is 0 Å². The van der Waals surface area contributed by atoms with Gasteiger partial charge in [-0.2, -0.15) is 0 Å². The number of fused-ring (bicyclic) bond motifs is 1. The van der Waals surface area contributed by atoms with E-state index in [-0.39, 0.29) is 23.7 Å². The Bertz CT molecular complexity index is 936. The number of carbonyl (C=O) groups is 2. The van der Waals surface area contributed by atoms with E-state index in [0.717, 1.165) is 0 Å². The fourth-order valence-corrected chi connectivity index (χ4v) is 2.38. The number of amides is 2. The lowest BCUT2D eigenvalue weighted by atomic mass is 10.2. The van der Waals surface area contributed by atoms with Crippen LogP contribution in [0.4, 0.5) is 15.8 Å². The molecule has 7 heteroatoms. The second-order valence-electron chi connectivity index (χ2n) is 5.22. The molecule has 3 rings (SSSR count). The summed E-state index contributed by atoms with van der Waals surface area (Å²) in [5.41, 5.74) is 0.655. The third-order valence-corrected chi connectivity index (χ3v) is 3.46. The topological polar surface area (TPSA) is 80.6 Å². The molecule has 0 radical (unpaired) electrons. The van der Waals surface area contributed by atoms with Crippen LogP contribution in [-0.4, -0.2) is 25.5 Å². The lowest BCUT2D eigenvalue weighted by Crippen LogP contribution is -2.20. The standard InChI is InChI=1S/C18H15FN2O4/c1-24-10-15(22)21-16-11-6-2-5-9-14(11)25-17(16)18(23)20-13-8-4-3-7-12(13)19/h2-9H,10H2,1H3,(H,20,23)(H,21,22). The number of halogens is 1. The van der Waals surface area contributed by atoms with Crippen molar-refractivity contribution in [2.75, 3.05) is 24.4 Å². The van der Waals surface area contributed by atoms with E-state index in [0.29, 0.717) is 11.0 Å². The van der Waals surface area contributed by atoms with Crippen LogP contribution in [0.5, 0.6) is 0 Å². The van der Waals surface area contributed by atoms with Gasteiger partial charge in [-0.3, -0.25) is 9.59 Å². The highest BCUT2D eigenvalue weighted by Crippen LogP contribution is 2.31. The van der Waals surface area contributed by atoms with Gasteiger partial charge in [-0.05, 0) is 24.3 Å². The van der Waals surface area contributed by atoms with Crippen LogP contribution in [-0.2, 0) is 9.53 Å². The second-order valence-corrected chi connectivity index (χ2v) is 5.22. The maximum atomic E-state index is 13.7. The Balaban J connectivity index is 1.98. The van der Waals surface area contributed by atoms with Crippen molar-refractivity contribution < 1.29 is 23.1 Å². The first-order valence-corrected chi connectivity index (χ1v) is 7.46. The summed E-state index contributed by atoms with van der Waals surface area (Å²) in [5, 5.41) is 5.61. The zero-order valence-corrected chi connectivity index (χ0v) is 13.3. The smallest absolute Gasteiger partial charge is 0.293 e. The monoisotopic (exact) mass is 342 g/mol. The lowest BCUT2D eigenvalue weighted by Gasteiger charge is -2.07. The summed E-state index contributed by atoms with van der Waals surface area (Å²) in [7, 11) is 1.39. The van der Waals surface area contributed by atoms with Crippen molar-refractivity contribution in [1.29, 1.82) is 0 Å². The van der Waals surface area contributed by atoms with E-state index in [4.69, 9.17) is 9.15 Å². The molecule has 0 atom stereocenters. The minimum atomic E-state index is -0.672. The van der Waals surface area contributed by atoms with Gasteiger partial charge in [0.25, 0.3) is 5.91 Å². The number of hydrogen-bond donors (Lipinski definition) is 2. The predicted molar refractivity (Wildman–Crippen MR) is 91.1 cm³/mol. The van der Waals surface area contributed by atoms with Gasteiger partial charge in [-0.1, -0.05) is 24.3 Å². The minimum Gasteiger partial charge on any atom is -0.449 e. The molecule has 0 saturated carbocycles. The maximum absolute atomic E-state index is 13.7. The zero-order chi connectivity index (χ0) is 17.8. The number of rotatable bonds is 5. The quantitative estimate of drug-likeness (QED) is 0.745. The molecule has 0 bridgehead atoms. The number of hydrogen-bond acceptors (Lipinski definition) is 4. The van der Waals surface area contributed by atoms with E-state index in [9.17, 15) is 14.0 Å². The van der Waals surface area contributed by atoms with Crippen molar-refractivity contribution in [2.45, 2.75) is 0 Å². The summed E-state index contributed by atoms with van der Waals surface area (Å²) < 4.78 is 24.1. The Morgan fingerprint density at radius 1 is 1.08 bits per heavy atom. The molecule has 0 aliphatic heterocycles. The largest absolute Gasteiger partial charge is 0.449 e. The molecule has 0 aliphatic rings. The molecule has 1 heterocycles.